The molecule has 3 aromatic rings. The van der Waals surface area contributed by atoms with E-state index in [0.717, 1.165) is 35.0 Å². The molecule has 0 saturated carbocycles. The van der Waals surface area contributed by atoms with Crippen molar-refractivity contribution in [1.82, 2.24) is 9.97 Å². The molecule has 0 amide bonds. The molecule has 1 N–H and O–H groups in total. The number of halogens is 2. The SMILES string of the molecule is CCOC1=C(C(OC)c2c[nH]c3ncc(OC)cc23)CCC=C1OCc1ccc(Cl)cc1F. The lowest BCUT2D eigenvalue weighted by Gasteiger charge is -2.27. The van der Waals surface area contributed by atoms with Crippen molar-refractivity contribution in [3.63, 3.8) is 0 Å². The fourth-order valence-corrected chi connectivity index (χ4v) is 4.15. The number of rotatable bonds is 9. The largest absolute Gasteiger partial charge is 0.495 e. The van der Waals surface area contributed by atoms with Crippen LogP contribution in [0.3, 0.4) is 0 Å². The number of hydrogen-bond acceptors (Lipinski definition) is 5. The lowest BCUT2D eigenvalue weighted by Crippen LogP contribution is -2.15. The van der Waals surface area contributed by atoms with Crippen molar-refractivity contribution in [3.8, 4) is 5.75 Å². The van der Waals surface area contributed by atoms with Crippen LogP contribution in [-0.4, -0.2) is 30.8 Å². The Kier molecular flexibility index (Phi) is 7.20. The average molecular weight is 473 g/mol. The zero-order valence-corrected chi connectivity index (χ0v) is 19.5. The van der Waals surface area contributed by atoms with Crippen molar-refractivity contribution >= 4 is 22.6 Å². The highest BCUT2D eigenvalue weighted by molar-refractivity contribution is 6.30. The predicted molar refractivity (Wildman–Crippen MR) is 125 cm³/mol. The van der Waals surface area contributed by atoms with E-state index in [4.69, 9.17) is 30.5 Å². The summed E-state index contributed by atoms with van der Waals surface area (Å²) >= 11 is 5.86. The highest BCUT2D eigenvalue weighted by atomic mass is 35.5. The van der Waals surface area contributed by atoms with Gasteiger partial charge in [0.1, 0.15) is 29.9 Å². The number of aromatic nitrogens is 2. The normalized spacial score (nSPS) is 14.9. The van der Waals surface area contributed by atoms with E-state index in [1.807, 2.05) is 25.3 Å². The third-order valence-corrected chi connectivity index (χ3v) is 5.79. The van der Waals surface area contributed by atoms with Crippen LogP contribution in [0.15, 0.2) is 59.8 Å². The van der Waals surface area contributed by atoms with Gasteiger partial charge in [0.25, 0.3) is 0 Å². The molecule has 1 aromatic carbocycles. The number of hydrogen-bond donors (Lipinski definition) is 1. The van der Waals surface area contributed by atoms with Gasteiger partial charge in [-0.1, -0.05) is 17.7 Å². The summed E-state index contributed by atoms with van der Waals surface area (Å²) in [4.78, 5) is 7.62. The minimum absolute atomic E-state index is 0.0601. The minimum atomic E-state index is -0.406. The summed E-state index contributed by atoms with van der Waals surface area (Å²) in [7, 11) is 3.27. The summed E-state index contributed by atoms with van der Waals surface area (Å²) in [5, 5.41) is 1.25. The lowest BCUT2D eigenvalue weighted by molar-refractivity contribution is 0.106. The van der Waals surface area contributed by atoms with Gasteiger partial charge in [0, 0.05) is 40.4 Å². The second-order valence-corrected chi connectivity index (χ2v) is 7.99. The van der Waals surface area contributed by atoms with E-state index in [1.54, 1.807) is 32.5 Å². The number of aromatic amines is 1. The number of methoxy groups -OCH3 is 2. The molecule has 4 rings (SSSR count). The number of nitrogens with zero attached hydrogens (tertiary/aromatic N) is 1. The van der Waals surface area contributed by atoms with Gasteiger partial charge in [0.05, 0.1) is 19.9 Å². The van der Waals surface area contributed by atoms with Crippen LogP contribution in [0.2, 0.25) is 5.02 Å². The zero-order chi connectivity index (χ0) is 23.4. The maximum atomic E-state index is 14.2. The molecule has 0 saturated heterocycles. The Morgan fingerprint density at radius 3 is 2.79 bits per heavy atom. The van der Waals surface area contributed by atoms with E-state index in [1.165, 1.54) is 6.07 Å². The fraction of sp³-hybridized carbons (Fsp3) is 0.320. The van der Waals surface area contributed by atoms with Crippen molar-refractivity contribution in [1.29, 1.82) is 0 Å². The fourth-order valence-electron chi connectivity index (χ4n) is 3.99. The molecule has 1 atom stereocenters. The molecule has 0 spiro atoms. The maximum absolute atomic E-state index is 14.2. The molecule has 1 aliphatic carbocycles. The van der Waals surface area contributed by atoms with Gasteiger partial charge in [-0.3, -0.25) is 0 Å². The number of pyridine rings is 1. The third kappa shape index (κ3) is 4.84. The van der Waals surface area contributed by atoms with Gasteiger partial charge in [-0.05, 0) is 44.0 Å². The van der Waals surface area contributed by atoms with E-state index in [9.17, 15) is 4.39 Å². The first kappa shape index (κ1) is 23.1. The quantitative estimate of drug-likeness (QED) is 0.399. The highest BCUT2D eigenvalue weighted by Gasteiger charge is 2.29. The predicted octanol–water partition coefficient (Wildman–Crippen LogP) is 6.24. The van der Waals surface area contributed by atoms with Crippen molar-refractivity contribution in [2.45, 2.75) is 32.5 Å². The number of fused-ring (bicyclic) bond motifs is 1. The van der Waals surface area contributed by atoms with E-state index in [0.29, 0.717) is 34.5 Å². The summed E-state index contributed by atoms with van der Waals surface area (Å²) in [6.45, 7) is 2.43. The van der Waals surface area contributed by atoms with Crippen LogP contribution in [0, 0.1) is 5.82 Å². The smallest absolute Gasteiger partial charge is 0.162 e. The van der Waals surface area contributed by atoms with Crippen LogP contribution in [-0.2, 0) is 20.8 Å². The van der Waals surface area contributed by atoms with Gasteiger partial charge in [-0.25, -0.2) is 9.37 Å². The summed E-state index contributed by atoms with van der Waals surface area (Å²) in [5.74, 6) is 1.45. The molecular formula is C25H26ClFN2O4. The monoisotopic (exact) mass is 472 g/mol. The van der Waals surface area contributed by atoms with Crippen molar-refractivity contribution in [2.24, 2.45) is 0 Å². The second kappa shape index (κ2) is 10.3. The molecule has 33 heavy (non-hydrogen) atoms. The molecule has 6 nitrogen and oxygen atoms in total. The molecule has 0 fully saturated rings. The Morgan fingerprint density at radius 1 is 1.21 bits per heavy atom. The van der Waals surface area contributed by atoms with Crippen LogP contribution >= 0.6 is 11.6 Å². The Labute approximate surface area is 197 Å². The molecule has 0 bridgehead atoms. The van der Waals surface area contributed by atoms with Gasteiger partial charge in [0.15, 0.2) is 11.5 Å². The van der Waals surface area contributed by atoms with E-state index >= 15 is 0 Å². The molecule has 0 radical (unpaired) electrons. The average Bonchev–Trinajstić information content (AvgIpc) is 3.23. The summed E-state index contributed by atoms with van der Waals surface area (Å²) in [6, 6.07) is 6.47. The van der Waals surface area contributed by atoms with Gasteiger partial charge in [-0.2, -0.15) is 0 Å². The lowest BCUT2D eigenvalue weighted by atomic mass is 9.92. The van der Waals surface area contributed by atoms with E-state index in [-0.39, 0.29) is 12.7 Å². The first-order valence-electron chi connectivity index (χ1n) is 10.7. The highest BCUT2D eigenvalue weighted by Crippen LogP contribution is 2.40. The van der Waals surface area contributed by atoms with Gasteiger partial charge >= 0.3 is 0 Å². The number of nitrogens with one attached hydrogen (secondary N) is 1. The Morgan fingerprint density at radius 2 is 2.06 bits per heavy atom. The molecular weight excluding hydrogens is 447 g/mol. The van der Waals surface area contributed by atoms with Crippen LogP contribution in [0.5, 0.6) is 5.75 Å². The van der Waals surface area contributed by atoms with Crippen LogP contribution < -0.4 is 4.74 Å². The van der Waals surface area contributed by atoms with Crippen LogP contribution in [0.4, 0.5) is 4.39 Å². The molecule has 2 heterocycles. The van der Waals surface area contributed by atoms with Gasteiger partial charge < -0.3 is 23.9 Å². The number of benzene rings is 1. The van der Waals surface area contributed by atoms with E-state index < -0.39 is 5.82 Å². The molecule has 174 valence electrons. The maximum Gasteiger partial charge on any atom is 0.162 e. The topological polar surface area (TPSA) is 65.6 Å². The first-order valence-corrected chi connectivity index (χ1v) is 11.1. The summed E-state index contributed by atoms with van der Waals surface area (Å²) in [6.07, 6.45) is 6.63. The molecule has 1 aliphatic rings. The van der Waals surface area contributed by atoms with Crippen molar-refractivity contribution in [3.05, 3.63) is 81.8 Å². The van der Waals surface area contributed by atoms with Crippen LogP contribution in [0.25, 0.3) is 11.0 Å². The Bertz CT molecular complexity index is 1200. The number of H-pyrrole nitrogens is 1. The zero-order valence-electron chi connectivity index (χ0n) is 18.8. The molecule has 0 aliphatic heterocycles. The Hall–Kier alpha value is -3.03. The summed E-state index contributed by atoms with van der Waals surface area (Å²) in [5.41, 5.74) is 3.04. The number of allylic oxidation sites excluding steroid dienone is 1. The minimum Gasteiger partial charge on any atom is -0.495 e. The van der Waals surface area contributed by atoms with Crippen LogP contribution in [0.1, 0.15) is 37.0 Å². The molecule has 1 unspecified atom stereocenters. The number of ether oxygens (including phenoxy) is 4. The van der Waals surface area contributed by atoms with Gasteiger partial charge in [0.2, 0.25) is 0 Å². The van der Waals surface area contributed by atoms with Crippen molar-refractivity contribution in [2.75, 3.05) is 20.8 Å². The molecule has 2 aromatic heterocycles. The van der Waals surface area contributed by atoms with E-state index in [2.05, 4.69) is 9.97 Å². The Balaban J connectivity index is 1.68. The summed E-state index contributed by atoms with van der Waals surface area (Å²) < 4.78 is 37.6. The van der Waals surface area contributed by atoms with Gasteiger partial charge in [-0.15, -0.1) is 0 Å². The van der Waals surface area contributed by atoms with Crippen molar-refractivity contribution < 1.29 is 23.3 Å². The standard InChI is InChI=1S/C25H26ClFN2O4/c1-4-32-24-18(6-5-7-22(24)33-14-15-8-9-16(26)10-21(15)27)23(31-3)20-13-29-25-19(20)11-17(30-2)12-28-25/h7-13,23H,4-6,14H2,1-3H3,(H,28,29). The second-order valence-electron chi connectivity index (χ2n) is 7.55. The first-order chi connectivity index (χ1) is 16.0. The molecule has 8 heteroatoms. The third-order valence-electron chi connectivity index (χ3n) is 5.55.